The predicted molar refractivity (Wildman–Crippen MR) is 111 cm³/mol. The summed E-state index contributed by atoms with van der Waals surface area (Å²) in [5.74, 6) is -1.25. The molecule has 0 aromatic heterocycles. The monoisotopic (exact) mass is 458 g/mol. The van der Waals surface area contributed by atoms with Gasteiger partial charge < -0.3 is 4.90 Å². The normalized spacial score (nSPS) is 12.8. The number of nitrogens with zero attached hydrogens (tertiary/aromatic N) is 2. The van der Waals surface area contributed by atoms with E-state index in [0.29, 0.717) is 23.1 Å². The number of carbonyl (C=O) groups is 3. The fraction of sp³-hybridized carbons (Fsp3) is 0.227. The Morgan fingerprint density at radius 3 is 2.41 bits per heavy atom. The Morgan fingerprint density at radius 2 is 1.79 bits per heavy atom. The number of imide groups is 1. The van der Waals surface area contributed by atoms with E-state index in [0.717, 1.165) is 4.47 Å². The number of hydrogen-bond donors (Lipinski definition) is 0. The molecule has 2 aromatic rings. The lowest BCUT2D eigenvalue weighted by atomic mass is 10.1. The zero-order chi connectivity index (χ0) is 21.0. The topological polar surface area (TPSA) is 57.7 Å². The molecule has 1 aliphatic rings. The van der Waals surface area contributed by atoms with Crippen LogP contribution in [-0.2, 0) is 11.3 Å². The molecule has 0 unspecified atom stereocenters. The molecule has 29 heavy (non-hydrogen) atoms. The summed E-state index contributed by atoms with van der Waals surface area (Å²) in [7, 11) is 0. The van der Waals surface area contributed by atoms with Gasteiger partial charge in [-0.1, -0.05) is 34.1 Å². The number of rotatable bonds is 8. The van der Waals surface area contributed by atoms with Gasteiger partial charge in [0.2, 0.25) is 5.91 Å². The lowest BCUT2D eigenvalue weighted by Gasteiger charge is -2.22. The second kappa shape index (κ2) is 9.13. The minimum absolute atomic E-state index is 0.114. The maximum atomic E-state index is 14.0. The van der Waals surface area contributed by atoms with Crippen LogP contribution in [0.3, 0.4) is 0 Å². The predicted octanol–water partition coefficient (Wildman–Crippen LogP) is 4.18. The van der Waals surface area contributed by atoms with E-state index >= 15 is 0 Å². The van der Waals surface area contributed by atoms with Crippen LogP contribution in [0.25, 0.3) is 0 Å². The van der Waals surface area contributed by atoms with Crippen molar-refractivity contribution >= 4 is 33.7 Å². The summed E-state index contributed by atoms with van der Waals surface area (Å²) in [6.45, 7) is 4.20. The van der Waals surface area contributed by atoms with Crippen molar-refractivity contribution in [3.63, 3.8) is 0 Å². The molecule has 1 heterocycles. The number of halogens is 2. The van der Waals surface area contributed by atoms with Crippen LogP contribution >= 0.6 is 15.9 Å². The largest absolute Gasteiger partial charge is 0.335 e. The van der Waals surface area contributed by atoms with Gasteiger partial charge in [-0.05, 0) is 36.8 Å². The first-order valence-electron chi connectivity index (χ1n) is 9.20. The van der Waals surface area contributed by atoms with E-state index < -0.39 is 0 Å². The summed E-state index contributed by atoms with van der Waals surface area (Å²) < 4.78 is 14.8. The lowest BCUT2D eigenvalue weighted by Crippen LogP contribution is -2.34. The maximum absolute atomic E-state index is 14.0. The van der Waals surface area contributed by atoms with Crippen molar-refractivity contribution in [3.8, 4) is 0 Å². The van der Waals surface area contributed by atoms with E-state index in [4.69, 9.17) is 0 Å². The maximum Gasteiger partial charge on any atom is 0.261 e. The van der Waals surface area contributed by atoms with Crippen molar-refractivity contribution in [1.82, 2.24) is 9.80 Å². The van der Waals surface area contributed by atoms with Gasteiger partial charge in [-0.25, -0.2) is 4.39 Å². The molecule has 3 rings (SSSR count). The lowest BCUT2D eigenvalue weighted by molar-refractivity contribution is -0.131. The Kier molecular flexibility index (Phi) is 6.59. The van der Waals surface area contributed by atoms with Crippen molar-refractivity contribution in [2.75, 3.05) is 13.1 Å². The van der Waals surface area contributed by atoms with Crippen LogP contribution in [0.1, 0.15) is 39.1 Å². The number of fused-ring (bicyclic) bond motifs is 1. The first kappa shape index (κ1) is 20.9. The zero-order valence-electron chi connectivity index (χ0n) is 15.7. The van der Waals surface area contributed by atoms with Gasteiger partial charge in [0, 0.05) is 36.1 Å². The molecular formula is C22H20BrFN2O3. The quantitative estimate of drug-likeness (QED) is 0.440. The van der Waals surface area contributed by atoms with E-state index in [1.807, 2.05) is 0 Å². The van der Waals surface area contributed by atoms with Gasteiger partial charge in [0.15, 0.2) is 0 Å². The van der Waals surface area contributed by atoms with E-state index in [9.17, 15) is 18.8 Å². The molecule has 2 aromatic carbocycles. The number of hydrogen-bond acceptors (Lipinski definition) is 3. The standard InChI is InChI=1S/C22H20BrFN2O3/c1-2-11-25(14-15-13-16(23)9-10-19(15)24)20(27)8-5-12-26-21(28)17-6-3-4-7-18(17)22(26)29/h2-4,6-7,9-10,13H,1,5,8,11-12,14H2. The Labute approximate surface area is 176 Å². The highest BCUT2D eigenvalue weighted by atomic mass is 79.9. The first-order valence-corrected chi connectivity index (χ1v) is 9.99. The van der Waals surface area contributed by atoms with Crippen LogP contribution in [0.15, 0.2) is 59.6 Å². The Hall–Kier alpha value is -2.80. The first-order chi connectivity index (χ1) is 13.9. The summed E-state index contributed by atoms with van der Waals surface area (Å²) in [6, 6.07) is 11.3. The highest BCUT2D eigenvalue weighted by Crippen LogP contribution is 2.23. The van der Waals surface area contributed by atoms with Gasteiger partial charge in [0.05, 0.1) is 11.1 Å². The SMILES string of the molecule is C=CCN(Cc1cc(Br)ccc1F)C(=O)CCCN1C(=O)c2ccccc2C1=O. The molecule has 0 saturated carbocycles. The molecular weight excluding hydrogens is 439 g/mol. The average Bonchev–Trinajstić information content (AvgIpc) is 2.95. The second-order valence-corrected chi connectivity index (χ2v) is 7.63. The van der Waals surface area contributed by atoms with Crippen LogP contribution in [-0.4, -0.2) is 40.6 Å². The summed E-state index contributed by atoms with van der Waals surface area (Å²) in [5, 5.41) is 0. The molecule has 3 amide bonds. The Morgan fingerprint density at radius 1 is 1.14 bits per heavy atom. The van der Waals surface area contributed by atoms with Crippen molar-refractivity contribution in [2.45, 2.75) is 19.4 Å². The summed E-state index contributed by atoms with van der Waals surface area (Å²) in [4.78, 5) is 40.1. The molecule has 0 saturated heterocycles. The van der Waals surface area contributed by atoms with Crippen molar-refractivity contribution in [3.05, 3.63) is 82.1 Å². The number of benzene rings is 2. The highest BCUT2D eigenvalue weighted by molar-refractivity contribution is 9.10. The Bertz CT molecular complexity index is 941. The minimum Gasteiger partial charge on any atom is -0.335 e. The van der Waals surface area contributed by atoms with Crippen molar-refractivity contribution < 1.29 is 18.8 Å². The minimum atomic E-state index is -0.388. The Balaban J connectivity index is 1.60. The van der Waals surface area contributed by atoms with Crippen LogP contribution in [0.4, 0.5) is 4.39 Å². The third-order valence-corrected chi connectivity index (χ3v) is 5.21. The van der Waals surface area contributed by atoms with Crippen molar-refractivity contribution in [1.29, 1.82) is 0 Å². The highest BCUT2D eigenvalue weighted by Gasteiger charge is 2.34. The molecule has 0 atom stereocenters. The van der Waals surface area contributed by atoms with E-state index in [1.165, 1.54) is 15.9 Å². The molecule has 0 radical (unpaired) electrons. The van der Waals surface area contributed by atoms with Gasteiger partial charge >= 0.3 is 0 Å². The molecule has 0 fully saturated rings. The van der Waals surface area contributed by atoms with Gasteiger partial charge in [-0.3, -0.25) is 19.3 Å². The third-order valence-electron chi connectivity index (χ3n) is 4.72. The summed E-state index contributed by atoms with van der Waals surface area (Å²) in [5.41, 5.74) is 1.18. The van der Waals surface area contributed by atoms with Crippen LogP contribution < -0.4 is 0 Å². The van der Waals surface area contributed by atoms with Crippen LogP contribution in [0.2, 0.25) is 0 Å². The molecule has 0 aliphatic carbocycles. The molecule has 150 valence electrons. The van der Waals surface area contributed by atoms with E-state index in [-0.39, 0.29) is 49.6 Å². The van der Waals surface area contributed by atoms with Crippen LogP contribution in [0.5, 0.6) is 0 Å². The molecule has 1 aliphatic heterocycles. The molecule has 0 bridgehead atoms. The molecule has 0 N–H and O–H groups in total. The molecule has 5 nitrogen and oxygen atoms in total. The second-order valence-electron chi connectivity index (χ2n) is 6.71. The summed E-state index contributed by atoms with van der Waals surface area (Å²) in [6.07, 6.45) is 2.05. The van der Waals surface area contributed by atoms with Gasteiger partial charge in [0.1, 0.15) is 5.82 Å². The van der Waals surface area contributed by atoms with Crippen molar-refractivity contribution in [2.24, 2.45) is 0 Å². The fourth-order valence-electron chi connectivity index (χ4n) is 3.27. The number of amides is 3. The van der Waals surface area contributed by atoms with Gasteiger partial charge in [-0.15, -0.1) is 6.58 Å². The summed E-state index contributed by atoms with van der Waals surface area (Å²) >= 11 is 3.31. The molecule has 7 heteroatoms. The van der Waals surface area contributed by atoms with E-state index in [2.05, 4.69) is 22.5 Å². The van der Waals surface area contributed by atoms with Gasteiger partial charge in [-0.2, -0.15) is 0 Å². The van der Waals surface area contributed by atoms with E-state index in [1.54, 1.807) is 42.5 Å². The average molecular weight is 459 g/mol. The van der Waals surface area contributed by atoms with Crippen LogP contribution in [0, 0.1) is 5.82 Å². The smallest absolute Gasteiger partial charge is 0.261 e. The van der Waals surface area contributed by atoms with Gasteiger partial charge in [0.25, 0.3) is 11.8 Å². The molecule has 0 spiro atoms. The fourth-order valence-corrected chi connectivity index (χ4v) is 3.68. The zero-order valence-corrected chi connectivity index (χ0v) is 17.3. The number of carbonyl (C=O) groups excluding carboxylic acids is 3. The third kappa shape index (κ3) is 4.62.